The predicted octanol–water partition coefficient (Wildman–Crippen LogP) is 6.41. The van der Waals surface area contributed by atoms with Gasteiger partial charge in [0.25, 0.3) is 5.56 Å². The number of ether oxygens (including phenoxy) is 1. The molecule has 13 nitrogen and oxygen atoms in total. The smallest absolute Gasteiger partial charge is 0.351 e. The normalized spacial score (nSPS) is 17.1. The molecule has 1 radical (unpaired) electrons. The van der Waals surface area contributed by atoms with Gasteiger partial charge >= 0.3 is 11.7 Å². The van der Waals surface area contributed by atoms with E-state index in [1.807, 2.05) is 36.4 Å². The van der Waals surface area contributed by atoms with Gasteiger partial charge < -0.3 is 31.9 Å². The molecule has 15 heteroatoms. The number of hydrogen-bond acceptors (Lipinski definition) is 7. The Balaban J connectivity index is 0.000000456. The van der Waals surface area contributed by atoms with Crippen molar-refractivity contribution < 1.29 is 43.0 Å². The van der Waals surface area contributed by atoms with Crippen molar-refractivity contribution in [2.45, 2.75) is 43.5 Å². The largest absolute Gasteiger partial charge is 0.700 e. The molecule has 2 aliphatic rings. The van der Waals surface area contributed by atoms with E-state index in [1.165, 1.54) is 14.1 Å². The summed E-state index contributed by atoms with van der Waals surface area (Å²) in [5.41, 5.74) is 15.6. The average Bonchev–Trinajstić information content (AvgIpc) is 3.18. The number of esters is 1. The second kappa shape index (κ2) is 14.7. The van der Waals surface area contributed by atoms with Gasteiger partial charge in [0, 0.05) is 46.9 Å². The molecule has 1 aromatic heterocycles. The quantitative estimate of drug-likeness (QED) is 0.128. The van der Waals surface area contributed by atoms with E-state index in [-0.39, 0.29) is 32.8 Å². The van der Waals surface area contributed by atoms with Crippen LogP contribution in [0.25, 0.3) is 28.2 Å². The molecule has 2 aromatic carbocycles. The van der Waals surface area contributed by atoms with Crippen molar-refractivity contribution >= 4 is 44.6 Å². The number of sulfone groups is 1. The minimum atomic E-state index is -4.12. The number of carbonyl (C=O) groups excluding carboxylic acids is 1. The van der Waals surface area contributed by atoms with Gasteiger partial charge in [-0.1, -0.05) is 61.4 Å². The third-order valence-corrected chi connectivity index (χ3v) is 9.84. The summed E-state index contributed by atoms with van der Waals surface area (Å²) in [6, 6.07) is 14.6. The van der Waals surface area contributed by atoms with E-state index in [0.717, 1.165) is 39.4 Å². The Morgan fingerprint density at radius 2 is 1.42 bits per heavy atom. The van der Waals surface area contributed by atoms with E-state index < -0.39 is 48.3 Å². The van der Waals surface area contributed by atoms with Gasteiger partial charge in [0.15, 0.2) is 4.91 Å². The van der Waals surface area contributed by atoms with Gasteiger partial charge in [0.1, 0.15) is 5.56 Å². The Hall–Kier alpha value is -4.20. The van der Waals surface area contributed by atoms with Crippen LogP contribution < -0.4 is 11.2 Å². The van der Waals surface area contributed by atoms with Crippen LogP contribution in [0.1, 0.15) is 46.9 Å². The van der Waals surface area contributed by atoms with Gasteiger partial charge in [-0.25, -0.2) is 18.0 Å². The second-order valence-corrected chi connectivity index (χ2v) is 12.7. The van der Waals surface area contributed by atoms with Crippen molar-refractivity contribution in [3.05, 3.63) is 102 Å². The molecule has 0 unspecified atom stereocenters. The van der Waals surface area contributed by atoms with Gasteiger partial charge in [-0.15, -0.1) is 13.1 Å². The van der Waals surface area contributed by atoms with E-state index in [9.17, 15) is 27.9 Å². The first-order valence-corrected chi connectivity index (χ1v) is 15.5. The molecular formula is C30H38CuN6O7S-4. The van der Waals surface area contributed by atoms with E-state index >= 15 is 0 Å². The topological polar surface area (TPSA) is 200 Å². The number of aromatic nitrogens is 2. The van der Waals surface area contributed by atoms with Gasteiger partial charge in [-0.2, -0.15) is 22.7 Å². The fourth-order valence-corrected chi connectivity index (χ4v) is 6.94. The molecule has 5 rings (SSSR count). The number of nitrogens with zero attached hydrogens (tertiary/aromatic N) is 4. The van der Waals surface area contributed by atoms with Crippen LogP contribution in [-0.4, -0.2) is 46.7 Å². The summed E-state index contributed by atoms with van der Waals surface area (Å²) in [5, 5.41) is 18.8. The third kappa shape index (κ3) is 7.38. The van der Waals surface area contributed by atoms with Crippen molar-refractivity contribution in [3.63, 3.8) is 0 Å². The van der Waals surface area contributed by atoms with Crippen LogP contribution in [0.15, 0.2) is 63.0 Å². The fraction of sp³-hybridized carbons (Fsp3) is 0.367. The van der Waals surface area contributed by atoms with Crippen molar-refractivity contribution in [2.75, 3.05) is 13.1 Å². The minimum absolute atomic E-state index is 0. The molecule has 1 spiro atoms. The Morgan fingerprint density at radius 3 is 1.93 bits per heavy atom. The molecule has 1 saturated carbocycles. The number of aromatic hydroxyl groups is 1. The molecule has 2 heterocycles. The Morgan fingerprint density at radius 1 is 0.911 bits per heavy atom. The third-order valence-electron chi connectivity index (χ3n) is 7.51. The van der Waals surface area contributed by atoms with Crippen LogP contribution in [0.5, 0.6) is 5.88 Å². The van der Waals surface area contributed by atoms with Crippen LogP contribution in [0.2, 0.25) is 0 Å². The molecule has 0 amide bonds. The van der Waals surface area contributed by atoms with E-state index in [4.69, 9.17) is 16.2 Å². The molecule has 1 saturated heterocycles. The number of carbonyl (C=O) groups is 1. The fourth-order valence-electron chi connectivity index (χ4n) is 4.99. The predicted molar refractivity (Wildman–Crippen MR) is 173 cm³/mol. The monoisotopic (exact) mass is 689 g/mol. The number of hydrogen-bond donors (Lipinski definition) is 1. The average molecular weight is 690 g/mol. The number of para-hydroxylation sites is 2. The summed E-state index contributed by atoms with van der Waals surface area (Å²) in [4.78, 5) is 33.9. The summed E-state index contributed by atoms with van der Waals surface area (Å²) in [7, 11) is -1.71. The first kappa shape index (κ1) is 35.3. The van der Waals surface area contributed by atoms with Gasteiger partial charge in [-0.3, -0.25) is 13.9 Å². The maximum atomic E-state index is 12.9. The number of rotatable bonds is 7. The standard InChI is InChI=1S/C15H16N4.C15H18N2O7S.Cu.2H2/c16-12-6-1-3-8-14(12)18-10-5-11-19-15-9-4-2-7-13(15)17;1-16-11(18)9(12(19)17(2)14(16)21)8-10-13(20)24-15(25(10,22)23)6-4-3-5-7-15;;;/h1-4,6-9,16-17H,5,10-11H2;8,18H,3-7H2,1-2H3;;2*1H/q-4;;;;/b;10-8+;;;. The Kier molecular flexibility index (Phi) is 11.5. The summed E-state index contributed by atoms with van der Waals surface area (Å²) in [5.74, 6) is -1.76. The zero-order valence-corrected chi connectivity index (χ0v) is 26.5. The molecule has 0 bridgehead atoms. The summed E-state index contributed by atoms with van der Waals surface area (Å²) >= 11 is 0. The summed E-state index contributed by atoms with van der Waals surface area (Å²) in [6.45, 7) is 1.30. The van der Waals surface area contributed by atoms with Crippen molar-refractivity contribution in [1.82, 2.24) is 9.13 Å². The zero-order chi connectivity index (χ0) is 32.1. The van der Waals surface area contributed by atoms with Crippen molar-refractivity contribution in [2.24, 2.45) is 14.1 Å². The molecule has 0 atom stereocenters. The second-order valence-electron chi connectivity index (χ2n) is 10.5. The van der Waals surface area contributed by atoms with Gasteiger partial charge in [0.05, 0.1) is 0 Å². The Bertz CT molecular complexity index is 1760. The van der Waals surface area contributed by atoms with Gasteiger partial charge in [0.2, 0.25) is 20.7 Å². The minimum Gasteiger partial charge on any atom is -0.700 e. The molecule has 3 N–H and O–H groups in total. The van der Waals surface area contributed by atoms with Gasteiger partial charge in [-0.05, 0) is 18.9 Å². The Labute approximate surface area is 274 Å². The molecule has 3 aromatic rings. The van der Waals surface area contributed by atoms with Crippen LogP contribution >= 0.6 is 0 Å². The SMILES string of the molecule is Cn1c(O)c(/C=C2\C(=O)OC3(CCCCC3)S2(=O)=O)c(=O)n(C)c1=O.[Cu].[HH].[HH].[NH-]c1ccccc1[N-]CCC[N-]c1ccccc1[NH-]. The molecule has 1 aliphatic heterocycles. The van der Waals surface area contributed by atoms with Crippen LogP contribution in [0.3, 0.4) is 0 Å². The maximum Gasteiger partial charge on any atom is 0.351 e. The summed E-state index contributed by atoms with van der Waals surface area (Å²) < 4.78 is 32.4. The van der Waals surface area contributed by atoms with Crippen LogP contribution in [0, 0.1) is 0 Å². The first-order chi connectivity index (χ1) is 20.9. The van der Waals surface area contributed by atoms with E-state index in [0.29, 0.717) is 37.3 Å². The maximum absolute atomic E-state index is 12.9. The van der Waals surface area contributed by atoms with Crippen molar-refractivity contribution in [3.8, 4) is 5.88 Å². The van der Waals surface area contributed by atoms with E-state index in [1.54, 1.807) is 12.1 Å². The van der Waals surface area contributed by atoms with Crippen molar-refractivity contribution in [1.29, 1.82) is 0 Å². The van der Waals surface area contributed by atoms with Crippen LogP contribution in [0.4, 0.5) is 22.7 Å². The molecule has 2 fully saturated rings. The molecule has 1 aliphatic carbocycles. The number of benzene rings is 2. The zero-order valence-electron chi connectivity index (χ0n) is 24.7. The first-order valence-electron chi connectivity index (χ1n) is 14.0. The molecule has 45 heavy (non-hydrogen) atoms. The number of nitrogens with one attached hydrogen (secondary N) is 2. The van der Waals surface area contributed by atoms with E-state index in [2.05, 4.69) is 10.6 Å². The molecule has 251 valence electrons. The summed E-state index contributed by atoms with van der Waals surface area (Å²) in [6.07, 6.45) is 4.13. The van der Waals surface area contributed by atoms with Crippen LogP contribution in [-0.2, 0) is 50.5 Å². The molecular weight excluding hydrogens is 652 g/mol.